The molecule has 0 radical (unpaired) electrons. The van der Waals surface area contributed by atoms with Gasteiger partial charge in [-0.05, 0) is 49.5 Å². The third kappa shape index (κ3) is 3.27. The molecular weight excluding hydrogens is 374 g/mol. The first-order valence-corrected chi connectivity index (χ1v) is 8.89. The van der Waals surface area contributed by atoms with Crippen molar-refractivity contribution in [2.24, 2.45) is 0 Å². The molecule has 3 rings (SSSR count). The number of rotatable bonds is 2. The molecule has 1 aliphatic heterocycles. The van der Waals surface area contributed by atoms with Crippen LogP contribution in [0.3, 0.4) is 0 Å². The van der Waals surface area contributed by atoms with Gasteiger partial charge in [0.2, 0.25) is 0 Å². The van der Waals surface area contributed by atoms with Crippen LogP contribution in [0.4, 0.5) is 10.5 Å². The first-order valence-electron chi connectivity index (χ1n) is 8.10. The molecule has 1 aromatic heterocycles. The molecule has 1 amide bonds. The van der Waals surface area contributed by atoms with E-state index in [0.29, 0.717) is 25.2 Å². The lowest BCUT2D eigenvalue weighted by Crippen LogP contribution is -2.58. The summed E-state index contributed by atoms with van der Waals surface area (Å²) >= 11 is 3.50. The number of hydrogen-bond donors (Lipinski definition) is 0. The van der Waals surface area contributed by atoms with Gasteiger partial charge in [-0.2, -0.15) is 0 Å². The van der Waals surface area contributed by atoms with Crippen LogP contribution >= 0.6 is 15.9 Å². The number of halogens is 1. The van der Waals surface area contributed by atoms with Crippen LogP contribution in [0.15, 0.2) is 16.9 Å². The number of piperazine rings is 1. The number of aldehydes is 1. The van der Waals surface area contributed by atoms with E-state index in [0.717, 1.165) is 29.3 Å². The third-order valence-electron chi connectivity index (χ3n) is 4.44. The first-order chi connectivity index (χ1) is 11.3. The van der Waals surface area contributed by atoms with Crippen molar-refractivity contribution in [3.8, 4) is 0 Å². The highest BCUT2D eigenvalue weighted by Crippen LogP contribution is 2.46. The van der Waals surface area contributed by atoms with Gasteiger partial charge in [0.15, 0.2) is 6.29 Å². The Balaban J connectivity index is 1.81. The number of carbonyl (C=O) groups is 2. The molecule has 1 saturated heterocycles. The van der Waals surface area contributed by atoms with E-state index in [1.807, 2.05) is 25.7 Å². The number of ether oxygens (including phenoxy) is 1. The predicted molar refractivity (Wildman–Crippen MR) is 94.4 cm³/mol. The fraction of sp³-hybridized carbons (Fsp3) is 0.588. The Bertz CT molecular complexity index is 668. The summed E-state index contributed by atoms with van der Waals surface area (Å²) in [6.07, 6.45) is 5.77. The summed E-state index contributed by atoms with van der Waals surface area (Å²) in [4.78, 5) is 32.0. The highest BCUT2D eigenvalue weighted by atomic mass is 79.9. The number of pyridine rings is 1. The van der Waals surface area contributed by atoms with Gasteiger partial charge >= 0.3 is 6.09 Å². The molecule has 0 atom stereocenters. The maximum Gasteiger partial charge on any atom is 0.410 e. The van der Waals surface area contributed by atoms with Crippen LogP contribution in [-0.4, -0.2) is 53.0 Å². The first kappa shape index (κ1) is 17.2. The van der Waals surface area contributed by atoms with Gasteiger partial charge in [0.1, 0.15) is 5.60 Å². The van der Waals surface area contributed by atoms with Gasteiger partial charge in [-0.25, -0.2) is 4.79 Å². The van der Waals surface area contributed by atoms with Crippen molar-refractivity contribution in [2.75, 3.05) is 24.5 Å². The Labute approximate surface area is 150 Å². The zero-order chi connectivity index (χ0) is 17.5. The molecule has 0 unspecified atom stereocenters. The minimum atomic E-state index is -0.497. The molecule has 1 saturated carbocycles. The summed E-state index contributed by atoms with van der Waals surface area (Å²) in [7, 11) is 0. The molecule has 2 aliphatic rings. The van der Waals surface area contributed by atoms with Gasteiger partial charge < -0.3 is 9.64 Å². The largest absolute Gasteiger partial charge is 0.444 e. The smallest absolute Gasteiger partial charge is 0.410 e. The average Bonchev–Trinajstić information content (AvgIpc) is 3.24. The van der Waals surface area contributed by atoms with E-state index in [2.05, 4.69) is 25.8 Å². The highest BCUT2D eigenvalue weighted by Gasteiger charge is 2.54. The molecule has 2 heterocycles. The van der Waals surface area contributed by atoms with Crippen LogP contribution in [0.25, 0.3) is 0 Å². The van der Waals surface area contributed by atoms with E-state index < -0.39 is 5.60 Å². The molecule has 0 bridgehead atoms. The normalized spacial score (nSPS) is 19.3. The number of amides is 1. The van der Waals surface area contributed by atoms with E-state index in [9.17, 15) is 9.59 Å². The van der Waals surface area contributed by atoms with Crippen molar-refractivity contribution in [2.45, 2.75) is 44.8 Å². The molecule has 2 fully saturated rings. The Morgan fingerprint density at radius 3 is 2.62 bits per heavy atom. The van der Waals surface area contributed by atoms with Gasteiger partial charge in [-0.1, -0.05) is 0 Å². The molecule has 24 heavy (non-hydrogen) atoms. The Morgan fingerprint density at radius 1 is 1.33 bits per heavy atom. The lowest BCUT2D eigenvalue weighted by atomic mass is 10.1. The van der Waals surface area contributed by atoms with E-state index in [4.69, 9.17) is 4.74 Å². The van der Waals surface area contributed by atoms with Crippen LogP contribution in [0.2, 0.25) is 0 Å². The lowest BCUT2D eigenvalue weighted by molar-refractivity contribution is 0.0106. The Kier molecular flexibility index (Phi) is 4.32. The van der Waals surface area contributed by atoms with Crippen molar-refractivity contribution in [3.63, 3.8) is 0 Å². The minimum Gasteiger partial charge on any atom is -0.444 e. The van der Waals surface area contributed by atoms with Gasteiger partial charge in [0.05, 0.1) is 21.3 Å². The topological polar surface area (TPSA) is 62.7 Å². The lowest BCUT2D eigenvalue weighted by Gasteiger charge is -2.43. The minimum absolute atomic E-state index is 0.177. The molecular formula is C17H22BrN3O3. The van der Waals surface area contributed by atoms with Crippen molar-refractivity contribution in [1.29, 1.82) is 0 Å². The van der Waals surface area contributed by atoms with Crippen molar-refractivity contribution in [3.05, 3.63) is 22.4 Å². The van der Waals surface area contributed by atoms with Gasteiger partial charge in [-0.3, -0.25) is 14.7 Å². The van der Waals surface area contributed by atoms with Gasteiger partial charge in [-0.15, -0.1) is 0 Å². The van der Waals surface area contributed by atoms with Crippen molar-refractivity contribution in [1.82, 2.24) is 9.88 Å². The summed E-state index contributed by atoms with van der Waals surface area (Å²) in [6.45, 7) is 7.59. The van der Waals surface area contributed by atoms with Crippen LogP contribution in [0.5, 0.6) is 0 Å². The van der Waals surface area contributed by atoms with Crippen molar-refractivity contribution >= 4 is 34.0 Å². The summed E-state index contributed by atoms with van der Waals surface area (Å²) in [5.74, 6) is 0. The number of hydrogen-bond acceptors (Lipinski definition) is 5. The van der Waals surface area contributed by atoms with E-state index in [1.165, 1.54) is 0 Å². The summed E-state index contributed by atoms with van der Waals surface area (Å²) < 4.78 is 6.36. The maximum absolute atomic E-state index is 12.5. The number of carbonyl (C=O) groups excluding carboxylic acids is 2. The zero-order valence-corrected chi connectivity index (χ0v) is 15.8. The molecule has 0 aromatic carbocycles. The second-order valence-corrected chi connectivity index (χ2v) is 8.31. The second kappa shape index (κ2) is 6.02. The molecule has 130 valence electrons. The van der Waals surface area contributed by atoms with Crippen molar-refractivity contribution < 1.29 is 14.3 Å². The summed E-state index contributed by atoms with van der Waals surface area (Å²) in [5, 5.41) is 0. The predicted octanol–water partition coefficient (Wildman–Crippen LogP) is 3.25. The second-order valence-electron chi connectivity index (χ2n) is 7.45. The van der Waals surface area contributed by atoms with Crippen LogP contribution in [-0.2, 0) is 4.74 Å². The molecule has 7 heteroatoms. The molecule has 6 nitrogen and oxygen atoms in total. The molecule has 1 spiro atoms. The van der Waals surface area contributed by atoms with E-state index in [1.54, 1.807) is 12.4 Å². The van der Waals surface area contributed by atoms with Gasteiger partial charge in [0.25, 0.3) is 0 Å². The molecule has 1 aliphatic carbocycles. The van der Waals surface area contributed by atoms with E-state index >= 15 is 0 Å². The standard InChI is InChI=1S/C17H22BrN3O3/c1-16(2,3)24-15(23)21-7-6-20(11-17(21)4-5-17)14-12(10-22)8-19-9-13(14)18/h8-10H,4-7,11H2,1-3H3. The number of nitrogens with zero attached hydrogens (tertiary/aromatic N) is 3. The van der Waals surface area contributed by atoms with Crippen LogP contribution in [0, 0.1) is 0 Å². The zero-order valence-electron chi connectivity index (χ0n) is 14.2. The third-order valence-corrected chi connectivity index (χ3v) is 5.02. The quantitative estimate of drug-likeness (QED) is 0.719. The molecule has 1 aromatic rings. The average molecular weight is 396 g/mol. The van der Waals surface area contributed by atoms with Crippen LogP contribution < -0.4 is 4.90 Å². The van der Waals surface area contributed by atoms with Gasteiger partial charge in [0, 0.05) is 32.0 Å². The summed E-state index contributed by atoms with van der Waals surface area (Å²) in [5.41, 5.74) is 0.744. The monoisotopic (exact) mass is 395 g/mol. The highest BCUT2D eigenvalue weighted by molar-refractivity contribution is 9.10. The fourth-order valence-electron chi connectivity index (χ4n) is 3.21. The SMILES string of the molecule is CC(C)(C)OC(=O)N1CCN(c2c(Br)cncc2C=O)CC12CC2. The Hall–Kier alpha value is -1.63. The number of aromatic nitrogens is 1. The fourth-order valence-corrected chi connectivity index (χ4v) is 3.80. The Morgan fingerprint density at radius 2 is 2.04 bits per heavy atom. The molecule has 0 N–H and O–H groups in total. The van der Waals surface area contributed by atoms with Crippen LogP contribution in [0.1, 0.15) is 44.0 Å². The number of anilines is 1. The van der Waals surface area contributed by atoms with E-state index in [-0.39, 0.29) is 11.6 Å². The maximum atomic E-state index is 12.5. The summed E-state index contributed by atoms with van der Waals surface area (Å²) in [6, 6.07) is 0.